The molecular weight excluding hydrogens is 222 g/mol. The zero-order valence-corrected chi connectivity index (χ0v) is 10.1. The van der Waals surface area contributed by atoms with E-state index in [1.165, 1.54) is 0 Å². The predicted molar refractivity (Wildman–Crippen MR) is 68.9 cm³/mol. The summed E-state index contributed by atoms with van der Waals surface area (Å²) < 4.78 is 0. The normalized spacial score (nSPS) is 20.0. The van der Waals surface area contributed by atoms with Gasteiger partial charge in [-0.3, -0.25) is 5.01 Å². The number of nitrogens with zero attached hydrogens (tertiary/aromatic N) is 2. The Bertz CT molecular complexity index is 386. The van der Waals surface area contributed by atoms with Gasteiger partial charge in [0.25, 0.3) is 0 Å². The van der Waals surface area contributed by atoms with Gasteiger partial charge in [0, 0.05) is 11.4 Å². The number of rotatable bonds is 3. The van der Waals surface area contributed by atoms with E-state index >= 15 is 0 Å². The average Bonchev–Trinajstić information content (AvgIpc) is 2.61. The van der Waals surface area contributed by atoms with Gasteiger partial charge in [0.15, 0.2) is 0 Å². The molecule has 0 radical (unpaired) electrons. The fourth-order valence-corrected chi connectivity index (χ4v) is 2.13. The average molecular weight is 238 g/mol. The second-order valence-corrected chi connectivity index (χ2v) is 4.50. The third-order valence-corrected chi connectivity index (χ3v) is 2.99. The van der Waals surface area contributed by atoms with E-state index in [0.717, 1.165) is 30.0 Å². The highest BCUT2D eigenvalue weighted by Gasteiger charge is 2.25. The largest absolute Gasteiger partial charge is 0.386 e. The molecule has 2 rings (SSSR count). The van der Waals surface area contributed by atoms with E-state index in [1.807, 2.05) is 29.3 Å². The van der Waals surface area contributed by atoms with E-state index in [2.05, 4.69) is 12.0 Å². The maximum Gasteiger partial charge on any atom is 0.122 e. The molecule has 0 aliphatic carbocycles. The van der Waals surface area contributed by atoms with Crippen molar-refractivity contribution in [1.29, 1.82) is 0 Å². The quantitative estimate of drug-likeness (QED) is 0.878. The summed E-state index contributed by atoms with van der Waals surface area (Å²) in [6.07, 6.45) is 3.10. The molecule has 4 heteroatoms. The maximum absolute atomic E-state index is 5.87. The van der Waals surface area contributed by atoms with Crippen molar-refractivity contribution in [2.75, 3.05) is 5.01 Å². The van der Waals surface area contributed by atoms with Gasteiger partial charge in [0.05, 0.1) is 11.7 Å². The van der Waals surface area contributed by atoms with Crippen molar-refractivity contribution < 1.29 is 0 Å². The van der Waals surface area contributed by atoms with Crippen molar-refractivity contribution in [2.24, 2.45) is 10.8 Å². The highest BCUT2D eigenvalue weighted by Crippen LogP contribution is 2.27. The van der Waals surface area contributed by atoms with Crippen LogP contribution in [0.25, 0.3) is 0 Å². The molecule has 1 unspecified atom stereocenters. The lowest BCUT2D eigenvalue weighted by Gasteiger charge is -2.22. The Hall–Kier alpha value is -1.22. The monoisotopic (exact) mass is 237 g/mol. The Kier molecular flexibility index (Phi) is 3.34. The summed E-state index contributed by atoms with van der Waals surface area (Å²) >= 11 is 5.87. The van der Waals surface area contributed by atoms with Crippen LogP contribution in [0, 0.1) is 0 Å². The van der Waals surface area contributed by atoms with Crippen molar-refractivity contribution in [1.82, 2.24) is 0 Å². The second kappa shape index (κ2) is 4.74. The number of halogens is 1. The fraction of sp³-hybridized carbons (Fsp3) is 0.417. The molecule has 1 heterocycles. The molecule has 1 aliphatic heterocycles. The van der Waals surface area contributed by atoms with Crippen LogP contribution in [0.1, 0.15) is 26.2 Å². The zero-order valence-electron chi connectivity index (χ0n) is 9.36. The molecule has 0 saturated heterocycles. The van der Waals surface area contributed by atoms with Gasteiger partial charge >= 0.3 is 0 Å². The number of benzene rings is 1. The molecular formula is C12H16ClN3. The van der Waals surface area contributed by atoms with Crippen molar-refractivity contribution in [3.63, 3.8) is 0 Å². The molecule has 0 fully saturated rings. The summed E-state index contributed by atoms with van der Waals surface area (Å²) in [4.78, 5) is 0. The van der Waals surface area contributed by atoms with Crippen LogP contribution in [0.15, 0.2) is 29.4 Å². The van der Waals surface area contributed by atoms with E-state index in [-0.39, 0.29) is 0 Å². The minimum absolute atomic E-state index is 0.395. The number of hydrazone groups is 1. The first kappa shape index (κ1) is 11.3. The van der Waals surface area contributed by atoms with Gasteiger partial charge in [-0.1, -0.05) is 24.9 Å². The number of nitrogens with two attached hydrogens (primary N) is 1. The van der Waals surface area contributed by atoms with Gasteiger partial charge in [-0.25, -0.2) is 0 Å². The molecule has 1 aromatic rings. The van der Waals surface area contributed by atoms with Crippen LogP contribution in [0.3, 0.4) is 0 Å². The SMILES string of the molecule is CCCC1CC(N)=NN1c1ccc(Cl)cc1. The van der Waals surface area contributed by atoms with Crippen LogP contribution >= 0.6 is 11.6 Å². The molecule has 86 valence electrons. The Balaban J connectivity index is 2.20. The predicted octanol–water partition coefficient (Wildman–Crippen LogP) is 2.99. The fourth-order valence-electron chi connectivity index (χ4n) is 2.01. The lowest BCUT2D eigenvalue weighted by atomic mass is 10.1. The molecule has 1 aromatic carbocycles. The van der Waals surface area contributed by atoms with Crippen molar-refractivity contribution in [3.8, 4) is 0 Å². The van der Waals surface area contributed by atoms with Crippen LogP contribution in [-0.4, -0.2) is 11.9 Å². The first-order valence-electron chi connectivity index (χ1n) is 5.58. The molecule has 3 nitrogen and oxygen atoms in total. The van der Waals surface area contributed by atoms with Crippen LogP contribution in [-0.2, 0) is 0 Å². The topological polar surface area (TPSA) is 41.6 Å². The molecule has 16 heavy (non-hydrogen) atoms. The second-order valence-electron chi connectivity index (χ2n) is 4.06. The number of anilines is 1. The summed E-state index contributed by atoms with van der Waals surface area (Å²) in [5, 5.41) is 7.12. The Morgan fingerprint density at radius 3 is 2.75 bits per heavy atom. The first-order chi connectivity index (χ1) is 7.70. The molecule has 0 bridgehead atoms. The van der Waals surface area contributed by atoms with E-state index in [1.54, 1.807) is 0 Å². The van der Waals surface area contributed by atoms with Crippen LogP contribution in [0.5, 0.6) is 0 Å². The van der Waals surface area contributed by atoms with Crippen LogP contribution in [0.2, 0.25) is 5.02 Å². The third-order valence-electron chi connectivity index (χ3n) is 2.74. The number of hydrogen-bond acceptors (Lipinski definition) is 3. The molecule has 0 aromatic heterocycles. The Morgan fingerprint density at radius 2 is 2.12 bits per heavy atom. The summed E-state index contributed by atoms with van der Waals surface area (Å²) in [6, 6.07) is 8.11. The highest BCUT2D eigenvalue weighted by atomic mass is 35.5. The minimum Gasteiger partial charge on any atom is -0.386 e. The lowest BCUT2D eigenvalue weighted by molar-refractivity contribution is 0.597. The lowest BCUT2D eigenvalue weighted by Crippen LogP contribution is -2.26. The Morgan fingerprint density at radius 1 is 1.44 bits per heavy atom. The molecule has 1 atom stereocenters. The van der Waals surface area contributed by atoms with Gasteiger partial charge in [0.1, 0.15) is 5.84 Å². The third kappa shape index (κ3) is 2.30. The highest BCUT2D eigenvalue weighted by molar-refractivity contribution is 6.30. The van der Waals surface area contributed by atoms with Gasteiger partial charge < -0.3 is 5.73 Å². The molecule has 0 saturated carbocycles. The van der Waals surface area contributed by atoms with Crippen molar-refractivity contribution in [3.05, 3.63) is 29.3 Å². The minimum atomic E-state index is 0.395. The molecule has 0 spiro atoms. The summed E-state index contributed by atoms with van der Waals surface area (Å²) in [5.41, 5.74) is 6.85. The zero-order chi connectivity index (χ0) is 11.5. The van der Waals surface area contributed by atoms with E-state index in [0.29, 0.717) is 11.9 Å². The summed E-state index contributed by atoms with van der Waals surface area (Å²) in [7, 11) is 0. The van der Waals surface area contributed by atoms with Gasteiger partial charge in [-0.15, -0.1) is 0 Å². The molecule has 0 amide bonds. The smallest absolute Gasteiger partial charge is 0.122 e. The van der Waals surface area contributed by atoms with Crippen LogP contribution < -0.4 is 10.7 Å². The first-order valence-corrected chi connectivity index (χ1v) is 5.96. The number of hydrogen-bond donors (Lipinski definition) is 1. The maximum atomic E-state index is 5.87. The van der Waals surface area contributed by atoms with E-state index < -0.39 is 0 Å². The van der Waals surface area contributed by atoms with E-state index in [9.17, 15) is 0 Å². The number of amidine groups is 1. The summed E-state index contributed by atoms with van der Waals surface area (Å²) in [6.45, 7) is 2.18. The molecule has 2 N–H and O–H groups in total. The van der Waals surface area contributed by atoms with Gasteiger partial charge in [0.2, 0.25) is 0 Å². The molecule has 1 aliphatic rings. The van der Waals surface area contributed by atoms with Gasteiger partial charge in [-0.05, 0) is 30.7 Å². The standard InChI is InChI=1S/C12H16ClN3/c1-2-3-11-8-12(14)15-16(11)10-6-4-9(13)5-7-10/h4-7,11H,2-3,8H2,1H3,(H2,14,15). The Labute approximate surface area is 101 Å². The van der Waals surface area contributed by atoms with E-state index in [4.69, 9.17) is 17.3 Å². The van der Waals surface area contributed by atoms with Crippen molar-refractivity contribution in [2.45, 2.75) is 32.2 Å². The van der Waals surface area contributed by atoms with Gasteiger partial charge in [-0.2, -0.15) is 5.10 Å². The van der Waals surface area contributed by atoms with Crippen LogP contribution in [0.4, 0.5) is 5.69 Å². The summed E-state index contributed by atoms with van der Waals surface area (Å²) in [5.74, 6) is 0.716. The van der Waals surface area contributed by atoms with Crippen molar-refractivity contribution >= 4 is 23.1 Å².